The molecule has 33 heavy (non-hydrogen) atoms. The maximum Gasteiger partial charge on any atom is 0.416 e. The summed E-state index contributed by atoms with van der Waals surface area (Å²) < 4.78 is 53.7. The van der Waals surface area contributed by atoms with Crippen molar-refractivity contribution in [3.63, 3.8) is 0 Å². The lowest BCUT2D eigenvalue weighted by atomic mass is 10.1. The number of nitrogen functional groups attached to an aromatic ring is 1. The number of benzene rings is 2. The van der Waals surface area contributed by atoms with Gasteiger partial charge in [0.05, 0.1) is 34.7 Å². The molecule has 5 N–H and O–H groups in total. The molecule has 0 saturated carbocycles. The molecule has 0 aliphatic carbocycles. The Morgan fingerprint density at radius 1 is 1.03 bits per heavy atom. The number of aliphatic hydroxyl groups is 1. The lowest BCUT2D eigenvalue weighted by Crippen LogP contribution is -2.17. The van der Waals surface area contributed by atoms with Crippen LogP contribution in [0.15, 0.2) is 48.8 Å². The molecule has 0 fully saturated rings. The van der Waals surface area contributed by atoms with E-state index < -0.39 is 29.0 Å². The maximum atomic E-state index is 14.3. The molecule has 0 bridgehead atoms. The number of carbonyl (C=O) groups excluding carboxylic acids is 1. The fourth-order valence-corrected chi connectivity index (χ4v) is 2.68. The van der Waals surface area contributed by atoms with E-state index in [9.17, 15) is 22.4 Å². The van der Waals surface area contributed by atoms with E-state index in [2.05, 4.69) is 32.4 Å². The van der Waals surface area contributed by atoms with Crippen LogP contribution < -0.4 is 16.4 Å². The van der Waals surface area contributed by atoms with E-state index >= 15 is 0 Å². The number of nitrogens with one attached hydrogen (secondary N) is 2. The first-order valence-corrected chi connectivity index (χ1v) is 9.44. The van der Waals surface area contributed by atoms with Gasteiger partial charge >= 0.3 is 6.18 Å². The van der Waals surface area contributed by atoms with Crippen LogP contribution in [0.4, 0.5) is 34.9 Å². The van der Waals surface area contributed by atoms with Crippen molar-refractivity contribution >= 4 is 23.2 Å². The third-order valence-corrected chi connectivity index (χ3v) is 4.26. The second-order valence-electron chi connectivity index (χ2n) is 6.64. The van der Waals surface area contributed by atoms with Gasteiger partial charge in [-0.3, -0.25) is 4.79 Å². The van der Waals surface area contributed by atoms with Gasteiger partial charge in [0.2, 0.25) is 5.95 Å². The smallest absolute Gasteiger partial charge is 0.395 e. The molecule has 0 saturated heterocycles. The number of nitrogens with zero attached hydrogens (tertiary/aromatic N) is 2. The van der Waals surface area contributed by atoms with Crippen LogP contribution in [0.2, 0.25) is 0 Å². The molecule has 1 aromatic heterocycles. The Bertz CT molecular complexity index is 1220. The van der Waals surface area contributed by atoms with Crippen LogP contribution in [0.5, 0.6) is 0 Å². The van der Waals surface area contributed by atoms with Crippen LogP contribution in [-0.2, 0) is 6.18 Å². The number of hydrogen-bond donors (Lipinski definition) is 4. The summed E-state index contributed by atoms with van der Waals surface area (Å²) in [5, 5.41) is 14.0. The average molecular weight is 459 g/mol. The highest BCUT2D eigenvalue weighted by Gasteiger charge is 2.31. The lowest BCUT2D eigenvalue weighted by Gasteiger charge is -2.16. The number of amides is 1. The molecule has 3 rings (SSSR count). The number of hydrogen-bond acceptors (Lipinski definition) is 6. The standard InChI is InChI=1S/C22H17F4N5O2/c23-17-5-3-13(1-2-14-11-29-21(27)30-12-14)9-16(17)20(33)31-19-10-15(22(24,25)26)4-6-18(19)28-7-8-32/h3-6,9-12,28,32H,7-8H2,(H,31,33)(H2,27,29,30). The molecular formula is C22H17F4N5O2. The molecular weight excluding hydrogens is 442 g/mol. The molecule has 7 nitrogen and oxygen atoms in total. The average Bonchev–Trinajstić information content (AvgIpc) is 2.78. The Hall–Kier alpha value is -4.17. The van der Waals surface area contributed by atoms with Crippen LogP contribution in [-0.4, -0.2) is 34.1 Å². The first kappa shape index (κ1) is 23.5. The van der Waals surface area contributed by atoms with Crippen molar-refractivity contribution in [3.8, 4) is 11.8 Å². The number of aliphatic hydroxyl groups excluding tert-OH is 1. The van der Waals surface area contributed by atoms with E-state index in [0.717, 1.165) is 24.3 Å². The van der Waals surface area contributed by atoms with Gasteiger partial charge in [-0.05, 0) is 36.4 Å². The second-order valence-corrected chi connectivity index (χ2v) is 6.64. The fourth-order valence-electron chi connectivity index (χ4n) is 2.68. The Balaban J connectivity index is 1.89. The van der Waals surface area contributed by atoms with Crippen LogP contribution in [0.25, 0.3) is 0 Å². The van der Waals surface area contributed by atoms with Gasteiger partial charge in [0.15, 0.2) is 0 Å². The molecule has 0 aliphatic heterocycles. The molecule has 1 amide bonds. The predicted octanol–water partition coefficient (Wildman–Crippen LogP) is 3.27. The number of aromatic nitrogens is 2. The quantitative estimate of drug-likeness (QED) is 0.344. The number of anilines is 3. The molecule has 2 aromatic carbocycles. The minimum Gasteiger partial charge on any atom is -0.395 e. The highest BCUT2D eigenvalue weighted by molar-refractivity contribution is 6.06. The summed E-state index contributed by atoms with van der Waals surface area (Å²) in [5.74, 6) is 3.68. The number of nitrogens with two attached hydrogens (primary N) is 1. The van der Waals surface area contributed by atoms with E-state index in [1.165, 1.54) is 24.5 Å². The first-order valence-electron chi connectivity index (χ1n) is 9.44. The number of alkyl halides is 3. The zero-order valence-corrected chi connectivity index (χ0v) is 16.9. The van der Waals surface area contributed by atoms with Gasteiger partial charge in [0.25, 0.3) is 5.91 Å². The molecule has 0 atom stereocenters. The predicted molar refractivity (Wildman–Crippen MR) is 114 cm³/mol. The van der Waals surface area contributed by atoms with Crippen molar-refractivity contribution in [3.05, 3.63) is 76.9 Å². The van der Waals surface area contributed by atoms with Gasteiger partial charge in [-0.15, -0.1) is 0 Å². The number of halogens is 4. The summed E-state index contributed by atoms with van der Waals surface area (Å²) in [5.41, 5.74) is 4.60. The van der Waals surface area contributed by atoms with Crippen molar-refractivity contribution in [1.29, 1.82) is 0 Å². The van der Waals surface area contributed by atoms with Crippen LogP contribution in [0.1, 0.15) is 27.0 Å². The summed E-state index contributed by atoms with van der Waals surface area (Å²) in [4.78, 5) is 20.3. The Morgan fingerprint density at radius 2 is 1.73 bits per heavy atom. The maximum absolute atomic E-state index is 14.3. The van der Waals surface area contributed by atoms with Crippen LogP contribution in [0, 0.1) is 17.7 Å². The zero-order valence-electron chi connectivity index (χ0n) is 16.9. The Morgan fingerprint density at radius 3 is 2.39 bits per heavy atom. The van der Waals surface area contributed by atoms with Crippen molar-refractivity contribution in [1.82, 2.24) is 9.97 Å². The van der Waals surface area contributed by atoms with E-state index in [1.807, 2.05) is 0 Å². The monoisotopic (exact) mass is 459 g/mol. The van der Waals surface area contributed by atoms with E-state index in [4.69, 9.17) is 10.8 Å². The van der Waals surface area contributed by atoms with Gasteiger partial charge in [-0.1, -0.05) is 11.8 Å². The third kappa shape index (κ3) is 6.18. The van der Waals surface area contributed by atoms with Crippen molar-refractivity contribution in [2.45, 2.75) is 6.18 Å². The van der Waals surface area contributed by atoms with Crippen molar-refractivity contribution < 1.29 is 27.5 Å². The highest BCUT2D eigenvalue weighted by atomic mass is 19.4. The molecule has 170 valence electrons. The largest absolute Gasteiger partial charge is 0.416 e. The topological polar surface area (TPSA) is 113 Å². The zero-order chi connectivity index (χ0) is 24.0. The summed E-state index contributed by atoms with van der Waals surface area (Å²) in [6.07, 6.45) is -1.87. The van der Waals surface area contributed by atoms with Crippen LogP contribution in [0.3, 0.4) is 0 Å². The normalized spacial score (nSPS) is 10.8. The highest BCUT2D eigenvalue weighted by Crippen LogP contribution is 2.34. The minimum atomic E-state index is -4.65. The molecule has 11 heteroatoms. The summed E-state index contributed by atoms with van der Waals surface area (Å²) >= 11 is 0. The molecule has 0 radical (unpaired) electrons. The van der Waals surface area contributed by atoms with Gasteiger partial charge in [-0.25, -0.2) is 14.4 Å². The molecule has 0 aliphatic rings. The van der Waals surface area contributed by atoms with Crippen molar-refractivity contribution in [2.24, 2.45) is 0 Å². The molecule has 0 unspecified atom stereocenters. The SMILES string of the molecule is Nc1ncc(C#Cc2ccc(F)c(C(=O)Nc3cc(C(F)(F)F)ccc3NCCO)c2)cn1. The minimum absolute atomic E-state index is 0.0303. The molecule has 1 heterocycles. The Kier molecular flexibility index (Phi) is 7.10. The molecule has 3 aromatic rings. The van der Waals surface area contributed by atoms with Gasteiger partial charge in [0.1, 0.15) is 5.82 Å². The fraction of sp³-hybridized carbons (Fsp3) is 0.136. The Labute approximate surface area is 185 Å². The summed E-state index contributed by atoms with van der Waals surface area (Å²) in [6, 6.07) is 6.20. The van der Waals surface area contributed by atoms with Gasteiger partial charge < -0.3 is 21.5 Å². The van der Waals surface area contributed by atoms with E-state index in [1.54, 1.807) is 0 Å². The molecule has 0 spiro atoms. The van der Waals surface area contributed by atoms with Gasteiger partial charge in [-0.2, -0.15) is 13.2 Å². The third-order valence-electron chi connectivity index (χ3n) is 4.26. The summed E-state index contributed by atoms with van der Waals surface area (Å²) in [6.45, 7) is -0.259. The lowest BCUT2D eigenvalue weighted by molar-refractivity contribution is -0.137. The van der Waals surface area contributed by atoms with E-state index in [-0.39, 0.29) is 36.0 Å². The number of carbonyl (C=O) groups is 1. The van der Waals surface area contributed by atoms with E-state index in [0.29, 0.717) is 5.56 Å². The summed E-state index contributed by atoms with van der Waals surface area (Å²) in [7, 11) is 0. The van der Waals surface area contributed by atoms with Crippen LogP contribution >= 0.6 is 0 Å². The van der Waals surface area contributed by atoms with Crippen molar-refractivity contribution in [2.75, 3.05) is 29.5 Å². The first-order chi connectivity index (χ1) is 15.7. The second kappa shape index (κ2) is 9.97. The van der Waals surface area contributed by atoms with Gasteiger partial charge in [0, 0.05) is 24.5 Å². The number of rotatable bonds is 5.